The second-order valence-corrected chi connectivity index (χ2v) is 8.55. The number of carbonyl (C=O) groups is 3. The first-order valence-corrected chi connectivity index (χ1v) is 9.89. The Morgan fingerprint density at radius 3 is 2.53 bits per heavy atom. The highest BCUT2D eigenvalue weighted by molar-refractivity contribution is 6.21. The van der Waals surface area contributed by atoms with Crippen LogP contribution in [0.4, 0.5) is 9.18 Å². The molecule has 2 aliphatic heterocycles. The fraction of sp³-hybridized carbons (Fsp3) is 0.348. The summed E-state index contributed by atoms with van der Waals surface area (Å²) in [5.74, 6) is -1.61. The third-order valence-corrected chi connectivity index (χ3v) is 5.33. The summed E-state index contributed by atoms with van der Waals surface area (Å²) in [6, 6.07) is 10.7. The summed E-state index contributed by atoms with van der Waals surface area (Å²) < 4.78 is 19.2. The Labute approximate surface area is 174 Å². The van der Waals surface area contributed by atoms with E-state index in [-0.39, 0.29) is 17.7 Å². The lowest BCUT2D eigenvalue weighted by Crippen LogP contribution is -2.48. The SMILES string of the molecule is CC(C)(C)OC(=O)N1CCc2ccccc2C1CN1C(=O)c2ccc(F)cc2C1=O. The van der Waals surface area contributed by atoms with Gasteiger partial charge in [0.15, 0.2) is 0 Å². The molecule has 0 fully saturated rings. The van der Waals surface area contributed by atoms with Crippen LogP contribution in [-0.4, -0.2) is 46.4 Å². The van der Waals surface area contributed by atoms with E-state index in [9.17, 15) is 18.8 Å². The van der Waals surface area contributed by atoms with E-state index in [2.05, 4.69) is 0 Å². The first kappa shape index (κ1) is 20.1. The molecule has 0 aromatic heterocycles. The minimum Gasteiger partial charge on any atom is -0.444 e. The molecule has 3 amide bonds. The molecule has 1 unspecified atom stereocenters. The lowest BCUT2D eigenvalue weighted by Gasteiger charge is -2.39. The number of benzene rings is 2. The van der Waals surface area contributed by atoms with Crippen molar-refractivity contribution >= 4 is 17.9 Å². The van der Waals surface area contributed by atoms with Gasteiger partial charge in [0.2, 0.25) is 0 Å². The van der Waals surface area contributed by atoms with Gasteiger partial charge in [-0.15, -0.1) is 0 Å². The van der Waals surface area contributed by atoms with Crippen LogP contribution in [0.25, 0.3) is 0 Å². The van der Waals surface area contributed by atoms with Crippen LogP contribution in [0.3, 0.4) is 0 Å². The van der Waals surface area contributed by atoms with Gasteiger partial charge in [-0.2, -0.15) is 0 Å². The average Bonchev–Trinajstić information content (AvgIpc) is 2.91. The second kappa shape index (κ2) is 7.23. The number of halogens is 1. The van der Waals surface area contributed by atoms with Gasteiger partial charge in [-0.25, -0.2) is 9.18 Å². The number of imide groups is 1. The maximum Gasteiger partial charge on any atom is 0.410 e. The highest BCUT2D eigenvalue weighted by Gasteiger charge is 2.41. The molecule has 0 radical (unpaired) electrons. The number of hydrogen-bond donors (Lipinski definition) is 0. The van der Waals surface area contributed by atoms with E-state index in [4.69, 9.17) is 4.74 Å². The Kier molecular flexibility index (Phi) is 4.84. The Bertz CT molecular complexity index is 1040. The van der Waals surface area contributed by atoms with Gasteiger partial charge in [0.05, 0.1) is 23.7 Å². The summed E-state index contributed by atoms with van der Waals surface area (Å²) in [5, 5.41) is 0. The molecule has 7 heteroatoms. The zero-order valence-electron chi connectivity index (χ0n) is 17.1. The molecular weight excluding hydrogens is 387 g/mol. The highest BCUT2D eigenvalue weighted by Crippen LogP contribution is 2.34. The third kappa shape index (κ3) is 3.56. The maximum absolute atomic E-state index is 13.6. The average molecular weight is 410 g/mol. The smallest absolute Gasteiger partial charge is 0.410 e. The van der Waals surface area contributed by atoms with Gasteiger partial charge in [-0.05, 0) is 56.5 Å². The topological polar surface area (TPSA) is 66.9 Å². The number of rotatable bonds is 2. The summed E-state index contributed by atoms with van der Waals surface area (Å²) in [7, 11) is 0. The van der Waals surface area contributed by atoms with Crippen LogP contribution >= 0.6 is 0 Å². The molecule has 156 valence electrons. The van der Waals surface area contributed by atoms with E-state index < -0.39 is 35.4 Å². The first-order valence-electron chi connectivity index (χ1n) is 9.89. The molecule has 0 bridgehead atoms. The van der Waals surface area contributed by atoms with Gasteiger partial charge in [0.1, 0.15) is 11.4 Å². The van der Waals surface area contributed by atoms with Crippen molar-refractivity contribution in [2.45, 2.75) is 38.8 Å². The van der Waals surface area contributed by atoms with Crippen LogP contribution in [0.15, 0.2) is 42.5 Å². The molecule has 30 heavy (non-hydrogen) atoms. The van der Waals surface area contributed by atoms with Crippen molar-refractivity contribution in [3.63, 3.8) is 0 Å². The summed E-state index contributed by atoms with van der Waals surface area (Å²) in [6.07, 6.45) is 0.156. The van der Waals surface area contributed by atoms with E-state index in [1.54, 1.807) is 25.7 Å². The number of amides is 3. The van der Waals surface area contributed by atoms with Gasteiger partial charge in [-0.1, -0.05) is 24.3 Å². The van der Waals surface area contributed by atoms with E-state index in [1.807, 2.05) is 24.3 Å². The van der Waals surface area contributed by atoms with Crippen molar-refractivity contribution in [1.29, 1.82) is 0 Å². The molecule has 2 aromatic rings. The van der Waals surface area contributed by atoms with Gasteiger partial charge in [0, 0.05) is 6.54 Å². The van der Waals surface area contributed by atoms with E-state index in [0.717, 1.165) is 28.2 Å². The molecular formula is C23H23FN2O4. The standard InChI is InChI=1S/C23H23FN2O4/c1-23(2,3)30-22(29)25-11-10-14-6-4-5-7-16(14)19(25)13-26-20(27)17-9-8-15(24)12-18(17)21(26)28/h4-9,12,19H,10-11,13H2,1-3H3. The normalized spacial score (nSPS) is 18.3. The number of fused-ring (bicyclic) bond motifs is 2. The van der Waals surface area contributed by atoms with Gasteiger partial charge < -0.3 is 4.74 Å². The number of hydrogen-bond acceptors (Lipinski definition) is 4. The van der Waals surface area contributed by atoms with Crippen LogP contribution in [-0.2, 0) is 11.2 Å². The predicted molar refractivity (Wildman–Crippen MR) is 108 cm³/mol. The van der Waals surface area contributed by atoms with Crippen LogP contribution in [0.2, 0.25) is 0 Å². The quantitative estimate of drug-likeness (QED) is 0.703. The Balaban J connectivity index is 1.68. The van der Waals surface area contributed by atoms with Crippen molar-refractivity contribution in [2.24, 2.45) is 0 Å². The molecule has 1 atom stereocenters. The monoisotopic (exact) mass is 410 g/mol. The largest absolute Gasteiger partial charge is 0.444 e. The van der Waals surface area contributed by atoms with Crippen LogP contribution in [0.1, 0.15) is 58.7 Å². The Hall–Kier alpha value is -3.22. The zero-order chi connectivity index (χ0) is 21.6. The van der Waals surface area contributed by atoms with Crippen molar-refractivity contribution in [1.82, 2.24) is 9.80 Å². The van der Waals surface area contributed by atoms with E-state index in [0.29, 0.717) is 13.0 Å². The van der Waals surface area contributed by atoms with Crippen molar-refractivity contribution < 1.29 is 23.5 Å². The summed E-state index contributed by atoms with van der Waals surface area (Å²) >= 11 is 0. The fourth-order valence-electron chi connectivity index (χ4n) is 3.99. The minimum atomic E-state index is -0.675. The molecule has 2 heterocycles. The molecule has 2 aliphatic rings. The summed E-state index contributed by atoms with van der Waals surface area (Å²) in [6.45, 7) is 5.75. The highest BCUT2D eigenvalue weighted by atomic mass is 19.1. The molecule has 0 saturated heterocycles. The molecule has 4 rings (SSSR count). The molecule has 0 saturated carbocycles. The van der Waals surface area contributed by atoms with Gasteiger partial charge in [0.25, 0.3) is 11.8 Å². The Morgan fingerprint density at radius 1 is 1.10 bits per heavy atom. The lowest BCUT2D eigenvalue weighted by molar-refractivity contribution is 0.00988. The molecule has 6 nitrogen and oxygen atoms in total. The molecule has 0 N–H and O–H groups in total. The van der Waals surface area contributed by atoms with Gasteiger partial charge in [-0.3, -0.25) is 19.4 Å². The molecule has 0 aliphatic carbocycles. The van der Waals surface area contributed by atoms with Crippen molar-refractivity contribution in [3.8, 4) is 0 Å². The van der Waals surface area contributed by atoms with Crippen molar-refractivity contribution in [3.05, 3.63) is 70.5 Å². The van der Waals surface area contributed by atoms with Gasteiger partial charge >= 0.3 is 6.09 Å². The summed E-state index contributed by atoms with van der Waals surface area (Å²) in [5.41, 5.74) is 1.48. The van der Waals surface area contributed by atoms with Crippen molar-refractivity contribution in [2.75, 3.05) is 13.1 Å². The first-order chi connectivity index (χ1) is 14.2. The fourth-order valence-corrected chi connectivity index (χ4v) is 3.99. The van der Waals surface area contributed by atoms with Crippen LogP contribution in [0, 0.1) is 5.82 Å². The zero-order valence-corrected chi connectivity index (χ0v) is 17.1. The van der Waals surface area contributed by atoms with E-state index >= 15 is 0 Å². The van der Waals surface area contributed by atoms with E-state index in [1.165, 1.54) is 6.07 Å². The summed E-state index contributed by atoms with van der Waals surface area (Å²) in [4.78, 5) is 41.3. The minimum absolute atomic E-state index is 0.0236. The Morgan fingerprint density at radius 2 is 1.80 bits per heavy atom. The number of nitrogens with zero attached hydrogens (tertiary/aromatic N) is 2. The second-order valence-electron chi connectivity index (χ2n) is 8.55. The third-order valence-electron chi connectivity index (χ3n) is 5.33. The van der Waals surface area contributed by atoms with Crippen LogP contribution in [0.5, 0.6) is 0 Å². The molecule has 0 spiro atoms. The molecule has 2 aromatic carbocycles. The number of carbonyl (C=O) groups excluding carboxylic acids is 3. The number of ether oxygens (including phenoxy) is 1. The maximum atomic E-state index is 13.6. The lowest BCUT2D eigenvalue weighted by atomic mass is 9.92. The predicted octanol–water partition coefficient (Wildman–Crippen LogP) is 3.96. The van der Waals surface area contributed by atoms with Crippen LogP contribution < -0.4 is 0 Å².